The van der Waals surface area contributed by atoms with E-state index in [2.05, 4.69) is 9.88 Å². The van der Waals surface area contributed by atoms with E-state index in [0.29, 0.717) is 47.5 Å². The van der Waals surface area contributed by atoms with Crippen LogP contribution in [0, 0.1) is 12.7 Å². The summed E-state index contributed by atoms with van der Waals surface area (Å²) in [5, 5.41) is 1.53. The molecule has 0 unspecified atom stereocenters. The van der Waals surface area contributed by atoms with E-state index in [0.717, 1.165) is 16.8 Å². The number of hydrogen-bond acceptors (Lipinski definition) is 4. The molecule has 8 heteroatoms. The Morgan fingerprint density at radius 2 is 1.77 bits per heavy atom. The summed E-state index contributed by atoms with van der Waals surface area (Å²) in [6, 6.07) is 11.7. The maximum atomic E-state index is 13.1. The summed E-state index contributed by atoms with van der Waals surface area (Å²) in [5.41, 5.74) is 2.29. The third-order valence-electron chi connectivity index (χ3n) is 5.14. The lowest BCUT2D eigenvalue weighted by molar-refractivity contribution is -0.133. The first-order chi connectivity index (χ1) is 14.4. The van der Waals surface area contributed by atoms with Gasteiger partial charge in [-0.15, -0.1) is 0 Å². The van der Waals surface area contributed by atoms with Crippen molar-refractivity contribution in [2.45, 2.75) is 6.92 Å². The summed E-state index contributed by atoms with van der Waals surface area (Å²) >= 11 is 12.6. The number of aryl methyl sites for hydroxylation is 1. The normalized spacial score (nSPS) is 14.3. The van der Waals surface area contributed by atoms with Gasteiger partial charge in [0.1, 0.15) is 11.3 Å². The molecule has 0 bridgehead atoms. The zero-order valence-corrected chi connectivity index (χ0v) is 17.9. The Kier molecular flexibility index (Phi) is 5.97. The van der Waals surface area contributed by atoms with E-state index in [1.165, 1.54) is 12.1 Å². The van der Waals surface area contributed by atoms with Crippen LogP contribution in [-0.2, 0) is 4.79 Å². The number of ether oxygens (including phenoxy) is 1. The van der Waals surface area contributed by atoms with Gasteiger partial charge in [0, 0.05) is 42.9 Å². The fourth-order valence-electron chi connectivity index (χ4n) is 3.52. The predicted molar refractivity (Wildman–Crippen MR) is 117 cm³/mol. The highest BCUT2D eigenvalue weighted by atomic mass is 35.5. The van der Waals surface area contributed by atoms with Crippen LogP contribution in [0.2, 0.25) is 10.0 Å². The monoisotopic (exact) mass is 447 g/mol. The van der Waals surface area contributed by atoms with Crippen molar-refractivity contribution in [2.75, 3.05) is 37.7 Å². The number of benzene rings is 2. The number of hydrogen-bond donors (Lipinski definition) is 0. The number of carbonyl (C=O) groups excluding carboxylic acids is 1. The van der Waals surface area contributed by atoms with Gasteiger partial charge in [-0.2, -0.15) is 0 Å². The molecule has 2 aromatic carbocycles. The summed E-state index contributed by atoms with van der Waals surface area (Å²) < 4.78 is 18.9. The first-order valence-electron chi connectivity index (χ1n) is 9.59. The molecule has 5 nitrogen and oxygen atoms in total. The summed E-state index contributed by atoms with van der Waals surface area (Å²) in [5.74, 6) is -0.0265. The molecule has 0 aliphatic carbocycles. The van der Waals surface area contributed by atoms with Crippen LogP contribution < -0.4 is 9.64 Å². The molecule has 1 saturated heterocycles. The zero-order valence-electron chi connectivity index (χ0n) is 16.4. The van der Waals surface area contributed by atoms with Crippen LogP contribution in [0.15, 0.2) is 42.5 Å². The number of aromatic nitrogens is 1. The standard InChI is InChI=1S/C22H20Cl2FN3O2/c1-14-2-7-17-18(23)12-19(24)22(21(17)26-14)30-13-20(29)28-10-8-27(9-11-28)16-5-3-15(25)4-6-16/h2-7,12H,8-11,13H2,1H3. The maximum Gasteiger partial charge on any atom is 0.260 e. The second-order valence-corrected chi connectivity index (χ2v) is 7.97. The fourth-order valence-corrected chi connectivity index (χ4v) is 4.09. The minimum Gasteiger partial charge on any atom is -0.480 e. The highest BCUT2D eigenvalue weighted by Gasteiger charge is 2.23. The smallest absolute Gasteiger partial charge is 0.260 e. The Hall–Kier alpha value is -2.57. The molecule has 0 atom stereocenters. The van der Waals surface area contributed by atoms with Gasteiger partial charge in [0.2, 0.25) is 0 Å². The number of halogens is 3. The van der Waals surface area contributed by atoms with Crippen molar-refractivity contribution in [3.8, 4) is 5.75 Å². The zero-order chi connectivity index (χ0) is 21.3. The Balaban J connectivity index is 1.41. The Morgan fingerprint density at radius 3 is 2.47 bits per heavy atom. The molecule has 0 radical (unpaired) electrons. The number of anilines is 1. The van der Waals surface area contributed by atoms with Crippen molar-refractivity contribution in [2.24, 2.45) is 0 Å². The number of amides is 1. The second-order valence-electron chi connectivity index (χ2n) is 7.15. The van der Waals surface area contributed by atoms with Crippen LogP contribution in [-0.4, -0.2) is 48.6 Å². The molecule has 1 aromatic heterocycles. The summed E-state index contributed by atoms with van der Waals surface area (Å²) in [6.07, 6.45) is 0. The molecule has 4 rings (SSSR count). The van der Waals surface area contributed by atoms with Gasteiger partial charge in [0.25, 0.3) is 5.91 Å². The molecule has 3 aromatic rings. The minimum absolute atomic E-state index is 0.124. The van der Waals surface area contributed by atoms with E-state index in [4.69, 9.17) is 27.9 Å². The molecular weight excluding hydrogens is 428 g/mol. The van der Waals surface area contributed by atoms with Crippen molar-refractivity contribution in [1.29, 1.82) is 0 Å². The SMILES string of the molecule is Cc1ccc2c(Cl)cc(Cl)c(OCC(=O)N3CCN(c4ccc(F)cc4)CC3)c2n1. The Bertz CT molecular complexity index is 1080. The first-order valence-corrected chi connectivity index (χ1v) is 10.3. The highest BCUT2D eigenvalue weighted by Crippen LogP contribution is 2.37. The van der Waals surface area contributed by atoms with Gasteiger partial charge in [-0.3, -0.25) is 4.79 Å². The van der Waals surface area contributed by atoms with Crippen LogP contribution in [0.25, 0.3) is 10.9 Å². The van der Waals surface area contributed by atoms with Crippen molar-refractivity contribution >= 4 is 45.7 Å². The minimum atomic E-state index is -0.261. The summed E-state index contributed by atoms with van der Waals surface area (Å²) in [6.45, 7) is 4.19. The first kappa shape index (κ1) is 20.7. The van der Waals surface area contributed by atoms with Crippen LogP contribution in [0.5, 0.6) is 5.75 Å². The quantitative estimate of drug-likeness (QED) is 0.580. The Morgan fingerprint density at radius 1 is 1.07 bits per heavy atom. The lowest BCUT2D eigenvalue weighted by Crippen LogP contribution is -2.50. The lowest BCUT2D eigenvalue weighted by atomic mass is 10.2. The molecule has 0 saturated carbocycles. The second kappa shape index (κ2) is 8.66. The predicted octanol–water partition coefficient (Wildman–Crippen LogP) is 4.72. The third kappa shape index (κ3) is 4.30. The van der Waals surface area contributed by atoms with Crippen LogP contribution in [0.3, 0.4) is 0 Å². The van der Waals surface area contributed by atoms with Crippen molar-refractivity contribution in [3.63, 3.8) is 0 Å². The van der Waals surface area contributed by atoms with Gasteiger partial charge in [-0.1, -0.05) is 23.2 Å². The topological polar surface area (TPSA) is 45.7 Å². The van der Waals surface area contributed by atoms with E-state index in [1.807, 2.05) is 19.1 Å². The molecule has 0 N–H and O–H groups in total. The molecule has 1 aliphatic rings. The van der Waals surface area contributed by atoms with Gasteiger partial charge >= 0.3 is 0 Å². The van der Waals surface area contributed by atoms with Gasteiger partial charge in [0.05, 0.1) is 10.0 Å². The largest absolute Gasteiger partial charge is 0.480 e. The number of nitrogens with zero attached hydrogens (tertiary/aromatic N) is 3. The number of fused-ring (bicyclic) bond motifs is 1. The average Bonchev–Trinajstić information content (AvgIpc) is 2.74. The number of rotatable bonds is 4. The van der Waals surface area contributed by atoms with Gasteiger partial charge < -0.3 is 14.5 Å². The molecule has 0 spiro atoms. The molecule has 30 heavy (non-hydrogen) atoms. The number of piperazine rings is 1. The summed E-state index contributed by atoms with van der Waals surface area (Å²) in [7, 11) is 0. The van der Waals surface area contributed by atoms with E-state index >= 15 is 0 Å². The van der Waals surface area contributed by atoms with E-state index in [1.54, 1.807) is 23.1 Å². The number of pyridine rings is 1. The van der Waals surface area contributed by atoms with Gasteiger partial charge in [-0.25, -0.2) is 9.37 Å². The van der Waals surface area contributed by atoms with Crippen LogP contribution >= 0.6 is 23.2 Å². The van der Waals surface area contributed by atoms with Crippen molar-refractivity contribution in [1.82, 2.24) is 9.88 Å². The molecule has 156 valence electrons. The molecule has 2 heterocycles. The van der Waals surface area contributed by atoms with Crippen molar-refractivity contribution < 1.29 is 13.9 Å². The van der Waals surface area contributed by atoms with E-state index in [-0.39, 0.29) is 18.3 Å². The number of carbonyl (C=O) groups is 1. The Labute approximate surface area is 184 Å². The van der Waals surface area contributed by atoms with Gasteiger partial charge in [0.15, 0.2) is 12.4 Å². The third-order valence-corrected chi connectivity index (χ3v) is 5.73. The van der Waals surface area contributed by atoms with E-state index < -0.39 is 0 Å². The summed E-state index contributed by atoms with van der Waals surface area (Å²) in [4.78, 5) is 21.0. The molecule has 1 aliphatic heterocycles. The highest BCUT2D eigenvalue weighted by molar-refractivity contribution is 6.39. The molecule has 1 amide bonds. The maximum absolute atomic E-state index is 13.1. The molecular formula is C22H20Cl2FN3O2. The van der Waals surface area contributed by atoms with Crippen LogP contribution in [0.4, 0.5) is 10.1 Å². The van der Waals surface area contributed by atoms with Crippen LogP contribution in [0.1, 0.15) is 5.69 Å². The fraction of sp³-hybridized carbons (Fsp3) is 0.273. The van der Waals surface area contributed by atoms with Crippen molar-refractivity contribution in [3.05, 3.63) is 64.0 Å². The average molecular weight is 448 g/mol. The van der Waals surface area contributed by atoms with E-state index in [9.17, 15) is 9.18 Å². The van der Waals surface area contributed by atoms with Gasteiger partial charge in [-0.05, 0) is 49.4 Å². The molecule has 1 fully saturated rings. The lowest BCUT2D eigenvalue weighted by Gasteiger charge is -2.36.